The third-order valence-electron chi connectivity index (χ3n) is 2.84. The van der Waals surface area contributed by atoms with Crippen molar-refractivity contribution in [3.63, 3.8) is 0 Å². The molecule has 2 aromatic carbocycles. The molecule has 1 amide bonds. The lowest BCUT2D eigenvalue weighted by Gasteiger charge is -2.08. The summed E-state index contributed by atoms with van der Waals surface area (Å²) in [7, 11) is 0. The fourth-order valence-electron chi connectivity index (χ4n) is 1.73. The molecule has 0 aliphatic heterocycles. The molecular weight excluding hydrogens is 332 g/mol. The second-order valence-corrected chi connectivity index (χ2v) is 5.02. The highest BCUT2D eigenvalue weighted by Gasteiger charge is 2.10. The van der Waals surface area contributed by atoms with Crippen molar-refractivity contribution in [1.82, 2.24) is 0 Å². The molecule has 0 saturated heterocycles. The van der Waals surface area contributed by atoms with E-state index in [1.54, 1.807) is 24.3 Å². The average Bonchev–Trinajstić information content (AvgIpc) is 2.59. The van der Waals surface area contributed by atoms with E-state index in [1.165, 1.54) is 18.2 Å². The first-order valence-electron chi connectivity index (χ1n) is 6.91. The number of esters is 1. The Morgan fingerprint density at radius 1 is 1.12 bits per heavy atom. The van der Waals surface area contributed by atoms with E-state index in [0.29, 0.717) is 17.0 Å². The van der Waals surface area contributed by atoms with Gasteiger partial charge in [-0.25, -0.2) is 4.79 Å². The summed E-state index contributed by atoms with van der Waals surface area (Å²) in [6, 6.07) is 15.2. The summed E-state index contributed by atoms with van der Waals surface area (Å²) in [5, 5.41) is 11.5. The van der Waals surface area contributed by atoms with E-state index in [0.717, 1.165) is 0 Å². The van der Waals surface area contributed by atoms with E-state index in [-0.39, 0.29) is 11.6 Å². The number of nitriles is 1. The molecule has 6 nitrogen and oxygen atoms in total. The van der Waals surface area contributed by atoms with Gasteiger partial charge < -0.3 is 14.8 Å². The third-order valence-corrected chi connectivity index (χ3v) is 3.15. The number of anilines is 1. The van der Waals surface area contributed by atoms with Crippen molar-refractivity contribution in [2.24, 2.45) is 0 Å². The molecule has 0 spiro atoms. The van der Waals surface area contributed by atoms with Gasteiger partial charge in [-0.3, -0.25) is 4.79 Å². The predicted octanol–water partition coefficient (Wildman–Crippen LogP) is 2.77. The molecular formula is C17H13ClN2O4. The summed E-state index contributed by atoms with van der Waals surface area (Å²) in [6.07, 6.45) is 0. The number of ether oxygens (including phenoxy) is 2. The van der Waals surface area contributed by atoms with Gasteiger partial charge in [-0.15, -0.1) is 0 Å². The Bertz CT molecular complexity index is 772. The van der Waals surface area contributed by atoms with E-state index in [4.69, 9.17) is 26.3 Å². The molecule has 0 atom stereocenters. The highest BCUT2D eigenvalue weighted by molar-refractivity contribution is 6.32. The summed E-state index contributed by atoms with van der Waals surface area (Å²) in [4.78, 5) is 23.2. The Kier molecular flexibility index (Phi) is 6.17. The van der Waals surface area contributed by atoms with Crippen LogP contribution in [0.1, 0.15) is 5.56 Å². The van der Waals surface area contributed by atoms with E-state index in [2.05, 4.69) is 5.32 Å². The largest absolute Gasteiger partial charge is 0.482 e. The molecule has 2 rings (SSSR count). The number of carbonyl (C=O) groups excluding carboxylic acids is 2. The van der Waals surface area contributed by atoms with Gasteiger partial charge in [-0.05, 0) is 30.3 Å². The molecule has 0 saturated carbocycles. The second-order valence-electron chi connectivity index (χ2n) is 4.62. The minimum Gasteiger partial charge on any atom is -0.482 e. The van der Waals surface area contributed by atoms with Gasteiger partial charge in [-0.2, -0.15) is 5.26 Å². The van der Waals surface area contributed by atoms with Crippen LogP contribution in [0.5, 0.6) is 5.75 Å². The fourth-order valence-corrected chi connectivity index (χ4v) is 1.95. The van der Waals surface area contributed by atoms with Crippen LogP contribution >= 0.6 is 11.6 Å². The molecule has 0 aliphatic rings. The maximum Gasteiger partial charge on any atom is 0.344 e. The summed E-state index contributed by atoms with van der Waals surface area (Å²) < 4.78 is 10.0. The van der Waals surface area contributed by atoms with Gasteiger partial charge in [0, 0.05) is 5.69 Å². The Balaban J connectivity index is 1.75. The first-order valence-corrected chi connectivity index (χ1v) is 7.29. The van der Waals surface area contributed by atoms with Crippen LogP contribution in [0.2, 0.25) is 5.02 Å². The van der Waals surface area contributed by atoms with Gasteiger partial charge in [0.25, 0.3) is 5.91 Å². The predicted molar refractivity (Wildman–Crippen MR) is 87.7 cm³/mol. The van der Waals surface area contributed by atoms with Gasteiger partial charge in [0.2, 0.25) is 0 Å². The molecule has 2 aromatic rings. The highest BCUT2D eigenvalue weighted by Crippen LogP contribution is 2.20. The molecule has 122 valence electrons. The zero-order valence-corrected chi connectivity index (χ0v) is 13.2. The average molecular weight is 345 g/mol. The zero-order chi connectivity index (χ0) is 17.4. The van der Waals surface area contributed by atoms with Crippen molar-refractivity contribution in [2.75, 3.05) is 18.5 Å². The third kappa shape index (κ3) is 5.30. The lowest BCUT2D eigenvalue weighted by molar-refractivity contribution is -0.149. The molecule has 0 radical (unpaired) electrons. The normalized spacial score (nSPS) is 9.67. The monoisotopic (exact) mass is 344 g/mol. The number of halogens is 1. The molecule has 24 heavy (non-hydrogen) atoms. The molecule has 0 heterocycles. The Morgan fingerprint density at radius 2 is 1.88 bits per heavy atom. The van der Waals surface area contributed by atoms with Crippen molar-refractivity contribution < 1.29 is 19.1 Å². The summed E-state index contributed by atoms with van der Waals surface area (Å²) in [6.45, 7) is -0.741. The smallest absolute Gasteiger partial charge is 0.344 e. The molecule has 0 bridgehead atoms. The van der Waals surface area contributed by atoms with Crippen molar-refractivity contribution in [1.29, 1.82) is 5.26 Å². The summed E-state index contributed by atoms with van der Waals surface area (Å²) in [5.74, 6) is -0.651. The van der Waals surface area contributed by atoms with E-state index in [9.17, 15) is 9.59 Å². The lowest BCUT2D eigenvalue weighted by atomic mass is 10.2. The molecule has 0 unspecified atom stereocenters. The standard InChI is InChI=1S/C17H13ClN2O4/c18-15-8-13(7-6-12(15)9-19)20-16(21)10-24-17(22)11-23-14-4-2-1-3-5-14/h1-8H,10-11H2,(H,20,21). The number of hydrogen-bond donors (Lipinski definition) is 1. The van der Waals surface area contributed by atoms with Gasteiger partial charge >= 0.3 is 5.97 Å². The van der Waals surface area contributed by atoms with Gasteiger partial charge in [-0.1, -0.05) is 29.8 Å². The van der Waals surface area contributed by atoms with Crippen LogP contribution in [0.3, 0.4) is 0 Å². The number of nitrogens with one attached hydrogen (secondary N) is 1. The SMILES string of the molecule is N#Cc1ccc(NC(=O)COC(=O)COc2ccccc2)cc1Cl. The van der Waals surface area contributed by atoms with Crippen LogP contribution in [0, 0.1) is 11.3 Å². The number of amides is 1. The van der Waals surface area contributed by atoms with Gasteiger partial charge in [0.1, 0.15) is 11.8 Å². The second kappa shape index (κ2) is 8.56. The number of carbonyl (C=O) groups is 2. The van der Waals surface area contributed by atoms with Gasteiger partial charge in [0.05, 0.1) is 10.6 Å². The Morgan fingerprint density at radius 3 is 2.54 bits per heavy atom. The highest BCUT2D eigenvalue weighted by atomic mass is 35.5. The van der Waals surface area contributed by atoms with Crippen LogP contribution < -0.4 is 10.1 Å². The minimum absolute atomic E-state index is 0.226. The summed E-state index contributed by atoms with van der Waals surface area (Å²) in [5.41, 5.74) is 0.708. The van der Waals surface area contributed by atoms with E-state index >= 15 is 0 Å². The molecule has 7 heteroatoms. The lowest BCUT2D eigenvalue weighted by Crippen LogP contribution is -2.23. The van der Waals surface area contributed by atoms with Crippen LogP contribution in [-0.2, 0) is 14.3 Å². The van der Waals surface area contributed by atoms with E-state index in [1.807, 2.05) is 12.1 Å². The van der Waals surface area contributed by atoms with Crippen molar-refractivity contribution >= 4 is 29.2 Å². The minimum atomic E-state index is -0.660. The number of rotatable bonds is 6. The van der Waals surface area contributed by atoms with Crippen molar-refractivity contribution in [2.45, 2.75) is 0 Å². The topological polar surface area (TPSA) is 88.4 Å². The number of para-hydroxylation sites is 1. The number of nitrogens with zero attached hydrogens (tertiary/aromatic N) is 1. The Hall–Kier alpha value is -3.04. The molecule has 0 aliphatic carbocycles. The number of benzene rings is 2. The van der Waals surface area contributed by atoms with Crippen molar-refractivity contribution in [3.8, 4) is 11.8 Å². The fraction of sp³-hybridized carbons (Fsp3) is 0.118. The van der Waals surface area contributed by atoms with Crippen LogP contribution in [0.15, 0.2) is 48.5 Å². The zero-order valence-electron chi connectivity index (χ0n) is 12.5. The molecule has 0 aromatic heterocycles. The number of hydrogen-bond acceptors (Lipinski definition) is 5. The first kappa shape index (κ1) is 17.3. The van der Waals surface area contributed by atoms with Gasteiger partial charge in [0.15, 0.2) is 13.2 Å². The van der Waals surface area contributed by atoms with E-state index < -0.39 is 18.5 Å². The molecule has 1 N–H and O–H groups in total. The maximum absolute atomic E-state index is 11.7. The maximum atomic E-state index is 11.7. The molecule has 0 fully saturated rings. The first-order chi connectivity index (χ1) is 11.6. The quantitative estimate of drug-likeness (QED) is 0.814. The summed E-state index contributed by atoms with van der Waals surface area (Å²) >= 11 is 5.86. The Labute approximate surface area is 143 Å². The van der Waals surface area contributed by atoms with Crippen LogP contribution in [0.4, 0.5) is 5.69 Å². The van der Waals surface area contributed by atoms with Crippen LogP contribution in [-0.4, -0.2) is 25.1 Å². The van der Waals surface area contributed by atoms with Crippen LogP contribution in [0.25, 0.3) is 0 Å². The van der Waals surface area contributed by atoms with Crippen molar-refractivity contribution in [3.05, 3.63) is 59.1 Å².